The number of rotatable bonds is 1. The molecule has 1 aromatic heterocycles. The van der Waals surface area contributed by atoms with Crippen LogP contribution in [0.3, 0.4) is 0 Å². The Labute approximate surface area is 141 Å². The van der Waals surface area contributed by atoms with Crippen LogP contribution in [0.5, 0.6) is 0 Å². The molecule has 6 nitrogen and oxygen atoms in total. The van der Waals surface area contributed by atoms with Gasteiger partial charge in [0, 0.05) is 46.3 Å². The average molecular weight is 377 g/mol. The minimum atomic E-state index is -0.767. The number of urea groups is 1. The quantitative estimate of drug-likeness (QED) is 0.668. The normalized spacial score (nSPS) is 27.6. The number of carbonyl (C=O) groups excluding carboxylic acids is 2. The highest BCUT2D eigenvalue weighted by molar-refractivity contribution is 9.10. The second-order valence-electron chi connectivity index (χ2n) is 6.34. The molecule has 1 aromatic carbocycles. The number of aromatic nitrogens is 1. The van der Waals surface area contributed by atoms with Crippen LogP contribution in [0, 0.1) is 5.92 Å². The molecule has 0 radical (unpaired) electrons. The number of hydrogen-bond acceptors (Lipinski definition) is 3. The van der Waals surface area contributed by atoms with E-state index in [1.807, 2.05) is 13.1 Å². The highest BCUT2D eigenvalue weighted by atomic mass is 79.9. The summed E-state index contributed by atoms with van der Waals surface area (Å²) < 4.78 is 1.02. The fourth-order valence-corrected chi connectivity index (χ4v) is 4.20. The van der Waals surface area contributed by atoms with Crippen molar-refractivity contribution >= 4 is 44.5 Å². The smallest absolute Gasteiger partial charge is 0.322 e. The van der Waals surface area contributed by atoms with E-state index in [0.29, 0.717) is 13.0 Å². The summed E-state index contributed by atoms with van der Waals surface area (Å²) in [6, 6.07) is 5.84. The molecule has 2 aliphatic heterocycles. The third-order valence-corrected chi connectivity index (χ3v) is 5.49. The average Bonchev–Trinajstić information content (AvgIpc) is 3.06. The van der Waals surface area contributed by atoms with E-state index in [1.165, 1.54) is 0 Å². The zero-order chi connectivity index (χ0) is 16.2. The number of piperidine rings is 1. The van der Waals surface area contributed by atoms with E-state index in [0.717, 1.165) is 27.6 Å². The summed E-state index contributed by atoms with van der Waals surface area (Å²) in [6.45, 7) is 3.45. The lowest BCUT2D eigenvalue weighted by atomic mass is 9.78. The van der Waals surface area contributed by atoms with Gasteiger partial charge in [0.25, 0.3) is 5.91 Å². The van der Waals surface area contributed by atoms with E-state index < -0.39 is 5.54 Å². The number of carbonyl (C=O) groups is 2. The Morgan fingerprint density at radius 3 is 2.87 bits per heavy atom. The van der Waals surface area contributed by atoms with Crippen LogP contribution in [0.2, 0.25) is 0 Å². The summed E-state index contributed by atoms with van der Waals surface area (Å²) in [7, 11) is 0. The first-order valence-corrected chi connectivity index (χ1v) is 8.44. The molecule has 2 unspecified atom stereocenters. The third-order valence-electron chi connectivity index (χ3n) is 5.03. The number of amides is 3. The van der Waals surface area contributed by atoms with E-state index in [-0.39, 0.29) is 17.9 Å². The van der Waals surface area contributed by atoms with Crippen LogP contribution in [0.4, 0.5) is 10.5 Å². The molecule has 3 heterocycles. The van der Waals surface area contributed by atoms with Gasteiger partial charge in [-0.2, -0.15) is 0 Å². The number of H-pyrrole nitrogens is 1. The monoisotopic (exact) mass is 376 g/mol. The topological polar surface area (TPSA) is 77.2 Å². The molecule has 0 aliphatic carbocycles. The molecule has 120 valence electrons. The number of fused-ring (bicyclic) bond motifs is 1. The van der Waals surface area contributed by atoms with Crippen molar-refractivity contribution in [1.29, 1.82) is 0 Å². The second kappa shape index (κ2) is 4.99. The van der Waals surface area contributed by atoms with Gasteiger partial charge in [0.2, 0.25) is 0 Å². The summed E-state index contributed by atoms with van der Waals surface area (Å²) >= 11 is 3.56. The molecule has 7 heteroatoms. The van der Waals surface area contributed by atoms with E-state index in [1.54, 1.807) is 0 Å². The lowest BCUT2D eigenvalue weighted by molar-refractivity contribution is -0.126. The van der Waals surface area contributed by atoms with Gasteiger partial charge in [-0.25, -0.2) is 4.79 Å². The fraction of sp³-hybridized carbons (Fsp3) is 0.375. The Kier molecular flexibility index (Phi) is 3.16. The van der Waals surface area contributed by atoms with Gasteiger partial charge >= 0.3 is 6.03 Å². The van der Waals surface area contributed by atoms with E-state index in [9.17, 15) is 9.59 Å². The second-order valence-corrected chi connectivity index (χ2v) is 7.26. The maximum Gasteiger partial charge on any atom is 0.322 e. The van der Waals surface area contributed by atoms with Crippen molar-refractivity contribution in [3.05, 3.63) is 28.9 Å². The Hall–Kier alpha value is -2.02. The maximum atomic E-state index is 12.2. The molecule has 1 spiro atoms. The summed E-state index contributed by atoms with van der Waals surface area (Å²) in [4.78, 5) is 29.3. The van der Waals surface area contributed by atoms with Gasteiger partial charge in [0.05, 0.1) is 0 Å². The Bertz CT molecular complexity index is 818. The van der Waals surface area contributed by atoms with Crippen molar-refractivity contribution in [2.75, 3.05) is 18.0 Å². The van der Waals surface area contributed by atoms with Crippen LogP contribution in [-0.2, 0) is 4.79 Å². The number of hydrogen-bond donors (Lipinski definition) is 3. The predicted molar refractivity (Wildman–Crippen MR) is 91.4 cm³/mol. The van der Waals surface area contributed by atoms with Crippen molar-refractivity contribution in [2.45, 2.75) is 18.9 Å². The number of aromatic amines is 1. The molecule has 2 saturated heterocycles. The standard InChI is InChI=1S/C16H17BrN4O2/c1-9-8-21(5-3-16(9)14(22)19-15(23)20-16)13-7-10(17)6-12-11(13)2-4-18-12/h2,4,6-7,9,18H,3,5,8H2,1H3,(H2,19,20,22,23). The lowest BCUT2D eigenvalue weighted by Crippen LogP contribution is -2.60. The van der Waals surface area contributed by atoms with Crippen molar-refractivity contribution < 1.29 is 9.59 Å². The first-order chi connectivity index (χ1) is 11.0. The summed E-state index contributed by atoms with van der Waals surface area (Å²) in [5.74, 6) is -0.175. The van der Waals surface area contributed by atoms with Gasteiger partial charge in [-0.05, 0) is 24.6 Å². The van der Waals surface area contributed by atoms with Gasteiger partial charge in [-0.15, -0.1) is 0 Å². The number of benzene rings is 1. The lowest BCUT2D eigenvalue weighted by Gasteiger charge is -2.43. The summed E-state index contributed by atoms with van der Waals surface area (Å²) in [6.07, 6.45) is 2.53. The zero-order valence-electron chi connectivity index (χ0n) is 12.6. The van der Waals surface area contributed by atoms with Gasteiger partial charge in [0.15, 0.2) is 0 Å². The van der Waals surface area contributed by atoms with Crippen LogP contribution < -0.4 is 15.5 Å². The molecule has 2 aromatic rings. The largest absolute Gasteiger partial charge is 0.370 e. The summed E-state index contributed by atoms with van der Waals surface area (Å²) in [5, 5.41) is 6.38. The van der Waals surface area contributed by atoms with Gasteiger partial charge in [-0.1, -0.05) is 22.9 Å². The van der Waals surface area contributed by atoms with E-state index >= 15 is 0 Å². The number of anilines is 1. The van der Waals surface area contributed by atoms with Crippen LogP contribution in [-0.4, -0.2) is 35.6 Å². The van der Waals surface area contributed by atoms with E-state index in [4.69, 9.17) is 0 Å². The van der Waals surface area contributed by atoms with Gasteiger partial charge in [-0.3, -0.25) is 10.1 Å². The molecule has 3 amide bonds. The fourth-order valence-electron chi connectivity index (χ4n) is 3.76. The number of nitrogens with zero attached hydrogens (tertiary/aromatic N) is 1. The molecular weight excluding hydrogens is 360 g/mol. The molecule has 0 bridgehead atoms. The molecule has 3 N–H and O–H groups in total. The molecule has 23 heavy (non-hydrogen) atoms. The molecular formula is C16H17BrN4O2. The minimum Gasteiger partial charge on any atom is -0.370 e. The number of imide groups is 1. The van der Waals surface area contributed by atoms with Crippen LogP contribution in [0.1, 0.15) is 13.3 Å². The van der Waals surface area contributed by atoms with Crippen molar-refractivity contribution in [2.24, 2.45) is 5.92 Å². The van der Waals surface area contributed by atoms with Crippen molar-refractivity contribution in [1.82, 2.24) is 15.6 Å². The van der Waals surface area contributed by atoms with Crippen LogP contribution in [0.25, 0.3) is 10.9 Å². The number of halogens is 1. The third kappa shape index (κ3) is 2.14. The molecule has 2 aliphatic rings. The van der Waals surface area contributed by atoms with Gasteiger partial charge in [0.1, 0.15) is 5.54 Å². The SMILES string of the molecule is CC1CN(c2cc(Br)cc3[nH]ccc23)CCC12NC(=O)NC2=O. The summed E-state index contributed by atoms with van der Waals surface area (Å²) in [5.41, 5.74) is 1.45. The Morgan fingerprint density at radius 2 is 2.17 bits per heavy atom. The zero-order valence-corrected chi connectivity index (χ0v) is 14.2. The predicted octanol–water partition coefficient (Wildman–Crippen LogP) is 2.35. The highest BCUT2D eigenvalue weighted by Crippen LogP contribution is 2.37. The Morgan fingerprint density at radius 1 is 1.35 bits per heavy atom. The molecule has 0 saturated carbocycles. The van der Waals surface area contributed by atoms with Crippen LogP contribution in [0.15, 0.2) is 28.9 Å². The highest BCUT2D eigenvalue weighted by Gasteiger charge is 2.52. The van der Waals surface area contributed by atoms with Crippen LogP contribution >= 0.6 is 15.9 Å². The Balaban J connectivity index is 1.67. The van der Waals surface area contributed by atoms with E-state index in [2.05, 4.69) is 54.6 Å². The van der Waals surface area contributed by atoms with Crippen molar-refractivity contribution in [3.8, 4) is 0 Å². The maximum absolute atomic E-state index is 12.2. The minimum absolute atomic E-state index is 0.0238. The first kappa shape index (κ1) is 14.6. The van der Waals surface area contributed by atoms with Gasteiger partial charge < -0.3 is 15.2 Å². The first-order valence-electron chi connectivity index (χ1n) is 7.65. The molecule has 2 atom stereocenters. The molecule has 2 fully saturated rings. The number of nitrogens with one attached hydrogen (secondary N) is 3. The van der Waals surface area contributed by atoms with Crippen molar-refractivity contribution in [3.63, 3.8) is 0 Å². The molecule has 4 rings (SSSR count).